The van der Waals surface area contributed by atoms with Crippen LogP contribution in [0.15, 0.2) is 48.5 Å². The van der Waals surface area contributed by atoms with Crippen molar-refractivity contribution < 1.29 is 4.74 Å². The molecule has 2 heteroatoms. The van der Waals surface area contributed by atoms with Gasteiger partial charge in [0.05, 0.1) is 6.54 Å². The molecule has 0 aliphatic rings. The van der Waals surface area contributed by atoms with Crippen molar-refractivity contribution in [3.63, 3.8) is 0 Å². The third-order valence-corrected chi connectivity index (χ3v) is 3.53. The van der Waals surface area contributed by atoms with Crippen molar-refractivity contribution in [2.75, 3.05) is 11.9 Å². The normalized spacial score (nSPS) is 12.2. The molecule has 2 aromatic rings. The smallest absolute Gasteiger partial charge is 0.119 e. The number of anilines is 1. The predicted molar refractivity (Wildman–Crippen MR) is 90.3 cm³/mol. The van der Waals surface area contributed by atoms with Crippen molar-refractivity contribution in [2.45, 2.75) is 39.7 Å². The van der Waals surface area contributed by atoms with E-state index in [2.05, 4.69) is 81.5 Å². The predicted octanol–water partition coefficient (Wildman–Crippen LogP) is 5.00. The van der Waals surface area contributed by atoms with Gasteiger partial charge in [-0.25, -0.2) is 0 Å². The molecule has 2 nitrogen and oxygen atoms in total. The summed E-state index contributed by atoms with van der Waals surface area (Å²) in [4.78, 5) is 0. The number of hydrogen-bond acceptors (Lipinski definition) is 2. The highest BCUT2D eigenvalue weighted by Gasteiger charge is 2.05. The fourth-order valence-corrected chi connectivity index (χ4v) is 2.14. The molecule has 1 N–H and O–H groups in total. The zero-order chi connectivity index (χ0) is 15.2. The highest BCUT2D eigenvalue weighted by Crippen LogP contribution is 2.19. The highest BCUT2D eigenvalue weighted by molar-refractivity contribution is 5.44. The lowest BCUT2D eigenvalue weighted by Gasteiger charge is -2.17. The molecular weight excluding hydrogens is 258 g/mol. The van der Waals surface area contributed by atoms with Crippen LogP contribution in [0.3, 0.4) is 0 Å². The molecule has 0 saturated heterocycles. The summed E-state index contributed by atoms with van der Waals surface area (Å²) >= 11 is 0. The van der Waals surface area contributed by atoms with Gasteiger partial charge in [-0.15, -0.1) is 0 Å². The van der Waals surface area contributed by atoms with E-state index >= 15 is 0 Å². The first-order valence-corrected chi connectivity index (χ1v) is 7.62. The molecule has 0 saturated carbocycles. The molecule has 0 fully saturated rings. The summed E-state index contributed by atoms with van der Waals surface area (Å²) < 4.78 is 5.93. The third-order valence-electron chi connectivity index (χ3n) is 3.53. The Hall–Kier alpha value is -1.96. The van der Waals surface area contributed by atoms with Crippen LogP contribution in [-0.4, -0.2) is 12.6 Å². The first-order valence-electron chi connectivity index (χ1n) is 7.62. The van der Waals surface area contributed by atoms with E-state index in [-0.39, 0.29) is 6.10 Å². The fraction of sp³-hybridized carbons (Fsp3) is 0.368. The number of hydrogen-bond donors (Lipinski definition) is 1. The largest absolute Gasteiger partial charge is 0.489 e. The second kappa shape index (κ2) is 7.16. The number of rotatable bonds is 6. The fourth-order valence-electron chi connectivity index (χ4n) is 2.14. The molecule has 0 heterocycles. The molecule has 0 amide bonds. The molecule has 0 spiro atoms. The van der Waals surface area contributed by atoms with Gasteiger partial charge in [0.15, 0.2) is 0 Å². The monoisotopic (exact) mass is 283 g/mol. The van der Waals surface area contributed by atoms with E-state index in [4.69, 9.17) is 4.74 Å². The second-order valence-electron chi connectivity index (χ2n) is 5.90. The van der Waals surface area contributed by atoms with Gasteiger partial charge in [-0.1, -0.05) is 43.7 Å². The van der Waals surface area contributed by atoms with E-state index in [1.807, 2.05) is 0 Å². The summed E-state index contributed by atoms with van der Waals surface area (Å²) in [5, 5.41) is 3.40. The molecule has 112 valence electrons. The van der Waals surface area contributed by atoms with Gasteiger partial charge in [-0.2, -0.15) is 0 Å². The van der Waals surface area contributed by atoms with Crippen molar-refractivity contribution in [1.82, 2.24) is 0 Å². The van der Waals surface area contributed by atoms with E-state index in [0.717, 1.165) is 18.0 Å². The minimum Gasteiger partial charge on any atom is -0.489 e. The third kappa shape index (κ3) is 4.82. The maximum Gasteiger partial charge on any atom is 0.119 e. The van der Waals surface area contributed by atoms with Crippen molar-refractivity contribution in [1.29, 1.82) is 0 Å². The minimum absolute atomic E-state index is 0.121. The number of benzene rings is 2. The zero-order valence-corrected chi connectivity index (χ0v) is 13.4. The van der Waals surface area contributed by atoms with E-state index in [0.29, 0.717) is 5.92 Å². The summed E-state index contributed by atoms with van der Waals surface area (Å²) in [7, 11) is 0. The van der Waals surface area contributed by atoms with Crippen LogP contribution in [0.4, 0.5) is 5.69 Å². The maximum atomic E-state index is 5.93. The van der Waals surface area contributed by atoms with E-state index in [1.165, 1.54) is 11.1 Å². The highest BCUT2D eigenvalue weighted by atomic mass is 16.5. The van der Waals surface area contributed by atoms with Crippen molar-refractivity contribution in [3.05, 3.63) is 59.7 Å². The number of aryl methyl sites for hydroxylation is 1. The summed E-state index contributed by atoms with van der Waals surface area (Å²) in [5.41, 5.74) is 3.74. The summed E-state index contributed by atoms with van der Waals surface area (Å²) in [6, 6.07) is 16.8. The Morgan fingerprint density at radius 1 is 0.905 bits per heavy atom. The van der Waals surface area contributed by atoms with Crippen molar-refractivity contribution in [2.24, 2.45) is 0 Å². The number of nitrogens with one attached hydrogen (secondary N) is 1. The molecule has 1 unspecified atom stereocenters. The molecule has 0 radical (unpaired) electrons. The Kier molecular flexibility index (Phi) is 5.26. The standard InChI is InChI=1S/C19H25NO/c1-14(2)17-7-11-19(12-8-17)21-16(4)13-20-18-9-5-15(3)6-10-18/h5-12,14,16,20H,13H2,1-4H3. The van der Waals surface area contributed by atoms with Gasteiger partial charge in [0, 0.05) is 5.69 Å². The van der Waals surface area contributed by atoms with E-state index < -0.39 is 0 Å². The lowest BCUT2D eigenvalue weighted by Crippen LogP contribution is -2.22. The molecule has 21 heavy (non-hydrogen) atoms. The van der Waals surface area contributed by atoms with Crippen LogP contribution >= 0.6 is 0 Å². The van der Waals surface area contributed by atoms with E-state index in [9.17, 15) is 0 Å². The molecular formula is C19H25NO. The lowest BCUT2D eigenvalue weighted by atomic mass is 10.0. The summed E-state index contributed by atoms with van der Waals surface area (Å²) in [5.74, 6) is 1.48. The quantitative estimate of drug-likeness (QED) is 0.805. The van der Waals surface area contributed by atoms with Crippen LogP contribution in [-0.2, 0) is 0 Å². The Balaban J connectivity index is 1.83. The molecule has 2 rings (SSSR count). The van der Waals surface area contributed by atoms with Gasteiger partial charge in [-0.05, 0) is 49.6 Å². The van der Waals surface area contributed by atoms with Gasteiger partial charge in [0.25, 0.3) is 0 Å². The Morgan fingerprint density at radius 2 is 1.52 bits per heavy atom. The molecule has 0 bridgehead atoms. The lowest BCUT2D eigenvalue weighted by molar-refractivity contribution is 0.234. The molecule has 0 aliphatic heterocycles. The van der Waals surface area contributed by atoms with Crippen LogP contribution in [0.25, 0.3) is 0 Å². The Morgan fingerprint density at radius 3 is 2.10 bits per heavy atom. The van der Waals surface area contributed by atoms with Crippen molar-refractivity contribution in [3.8, 4) is 5.75 Å². The molecule has 2 aromatic carbocycles. The van der Waals surface area contributed by atoms with Crippen LogP contribution in [0.1, 0.15) is 37.8 Å². The molecule has 0 aromatic heterocycles. The zero-order valence-electron chi connectivity index (χ0n) is 13.4. The average molecular weight is 283 g/mol. The SMILES string of the molecule is Cc1ccc(NCC(C)Oc2ccc(C(C)C)cc2)cc1. The second-order valence-corrected chi connectivity index (χ2v) is 5.90. The van der Waals surface area contributed by atoms with Crippen LogP contribution in [0.2, 0.25) is 0 Å². The average Bonchev–Trinajstić information content (AvgIpc) is 2.47. The van der Waals surface area contributed by atoms with Gasteiger partial charge in [-0.3, -0.25) is 0 Å². The van der Waals surface area contributed by atoms with Crippen LogP contribution in [0.5, 0.6) is 5.75 Å². The van der Waals surface area contributed by atoms with Gasteiger partial charge >= 0.3 is 0 Å². The first kappa shape index (κ1) is 15.4. The Bertz CT molecular complexity index is 543. The summed E-state index contributed by atoms with van der Waals surface area (Å²) in [6.45, 7) is 9.36. The Labute approximate surface area is 128 Å². The van der Waals surface area contributed by atoms with Gasteiger partial charge in [0.2, 0.25) is 0 Å². The van der Waals surface area contributed by atoms with Gasteiger partial charge in [0.1, 0.15) is 11.9 Å². The van der Waals surface area contributed by atoms with E-state index in [1.54, 1.807) is 0 Å². The first-order chi connectivity index (χ1) is 10.0. The summed E-state index contributed by atoms with van der Waals surface area (Å²) in [6.07, 6.45) is 0.121. The topological polar surface area (TPSA) is 21.3 Å². The molecule has 1 atom stereocenters. The maximum absolute atomic E-state index is 5.93. The molecule has 0 aliphatic carbocycles. The van der Waals surface area contributed by atoms with Gasteiger partial charge < -0.3 is 10.1 Å². The van der Waals surface area contributed by atoms with Crippen molar-refractivity contribution >= 4 is 5.69 Å². The van der Waals surface area contributed by atoms with Crippen LogP contribution < -0.4 is 10.1 Å². The number of ether oxygens (including phenoxy) is 1. The minimum atomic E-state index is 0.121. The van der Waals surface area contributed by atoms with Crippen LogP contribution in [0, 0.1) is 6.92 Å².